The second-order valence-electron chi connectivity index (χ2n) is 7.46. The van der Waals surface area contributed by atoms with E-state index in [2.05, 4.69) is 15.0 Å². The fraction of sp³-hybridized carbons (Fsp3) is 0.304. The van der Waals surface area contributed by atoms with Crippen LogP contribution in [0.4, 0.5) is 5.82 Å². The van der Waals surface area contributed by atoms with Crippen LogP contribution in [0.2, 0.25) is 0 Å². The lowest BCUT2D eigenvalue weighted by molar-refractivity contribution is 0.0957. The van der Waals surface area contributed by atoms with Gasteiger partial charge in [-0.2, -0.15) is 10.1 Å². The summed E-state index contributed by atoms with van der Waals surface area (Å²) in [6.07, 6.45) is 3.04. The van der Waals surface area contributed by atoms with E-state index in [0.29, 0.717) is 61.4 Å². The molecule has 0 aliphatic carbocycles. The Morgan fingerprint density at radius 1 is 1.10 bits per heavy atom. The van der Waals surface area contributed by atoms with Crippen molar-refractivity contribution in [1.29, 1.82) is 0 Å². The lowest BCUT2D eigenvalue weighted by atomic mass is 10.2. The number of morpholine rings is 1. The molecule has 0 bridgehead atoms. The van der Waals surface area contributed by atoms with Gasteiger partial charge in [-0.3, -0.25) is 4.79 Å². The molecule has 0 unspecified atom stereocenters. The van der Waals surface area contributed by atoms with Crippen LogP contribution in [0.1, 0.15) is 30.3 Å². The monoisotopic (exact) mass is 417 g/mol. The molecule has 4 aromatic rings. The number of benzene rings is 1. The van der Waals surface area contributed by atoms with Crippen molar-refractivity contribution in [2.24, 2.45) is 0 Å². The average Bonchev–Trinajstić information content (AvgIpc) is 3.47. The fourth-order valence-electron chi connectivity index (χ4n) is 3.68. The molecule has 1 aliphatic rings. The molecule has 31 heavy (non-hydrogen) atoms. The van der Waals surface area contributed by atoms with Crippen LogP contribution in [-0.4, -0.2) is 51.8 Å². The highest BCUT2D eigenvalue weighted by Gasteiger charge is 2.23. The van der Waals surface area contributed by atoms with E-state index in [0.717, 1.165) is 17.7 Å². The van der Waals surface area contributed by atoms with Gasteiger partial charge in [0.1, 0.15) is 5.52 Å². The number of nitrogens with zero attached hydrogens (tertiary/aromatic N) is 5. The first kappa shape index (κ1) is 19.4. The molecule has 158 valence electrons. The van der Waals surface area contributed by atoms with E-state index in [1.807, 2.05) is 49.5 Å². The smallest absolute Gasteiger partial charge is 0.253 e. The van der Waals surface area contributed by atoms with Gasteiger partial charge in [-0.25, -0.2) is 9.67 Å². The Kier molecular flexibility index (Phi) is 5.21. The number of ketones is 1. The largest absolute Gasteiger partial charge is 0.447 e. The van der Waals surface area contributed by atoms with Crippen LogP contribution < -0.4 is 4.90 Å². The molecule has 0 N–H and O–H groups in total. The minimum Gasteiger partial charge on any atom is -0.447 e. The van der Waals surface area contributed by atoms with Gasteiger partial charge in [0.25, 0.3) is 5.95 Å². The maximum absolute atomic E-state index is 12.4. The minimum absolute atomic E-state index is 0.0274. The third-order valence-electron chi connectivity index (χ3n) is 5.27. The van der Waals surface area contributed by atoms with E-state index in [1.54, 1.807) is 10.7 Å². The number of hydrogen-bond acceptors (Lipinski definition) is 7. The highest BCUT2D eigenvalue weighted by atomic mass is 16.5. The molecular formula is C23H23N5O3. The van der Waals surface area contributed by atoms with Gasteiger partial charge in [-0.05, 0) is 12.5 Å². The Balaban J connectivity index is 1.60. The molecule has 0 saturated carbocycles. The molecule has 0 spiro atoms. The normalized spacial score (nSPS) is 14.3. The first-order chi connectivity index (χ1) is 15.2. The standard InChI is InChI=1S/C23H23N5O3/c1-2-6-19(29)20-15-18-21(31-20)22(27-11-13-30-14-12-27)25-23(24-18)28-10-9-17(26-28)16-7-4-3-5-8-16/h3-5,7-10,15H,2,6,11-14H2,1H3. The van der Waals surface area contributed by atoms with Crippen molar-refractivity contribution in [1.82, 2.24) is 19.7 Å². The SMILES string of the molecule is CCCC(=O)c1cc2nc(-n3ccc(-c4ccccc4)n3)nc(N3CCOCC3)c2o1. The summed E-state index contributed by atoms with van der Waals surface area (Å²) in [5.41, 5.74) is 2.98. The summed E-state index contributed by atoms with van der Waals surface area (Å²) in [5, 5.41) is 4.67. The van der Waals surface area contributed by atoms with Gasteiger partial charge in [0.2, 0.25) is 0 Å². The maximum Gasteiger partial charge on any atom is 0.253 e. The van der Waals surface area contributed by atoms with Gasteiger partial charge in [0.05, 0.1) is 18.9 Å². The molecule has 0 radical (unpaired) electrons. The number of aromatic nitrogens is 4. The predicted octanol–water partition coefficient (Wildman–Crippen LogP) is 3.89. The van der Waals surface area contributed by atoms with Crippen molar-refractivity contribution in [3.8, 4) is 17.2 Å². The topological polar surface area (TPSA) is 86.3 Å². The predicted molar refractivity (Wildman–Crippen MR) is 117 cm³/mol. The number of anilines is 1. The Morgan fingerprint density at radius 3 is 2.68 bits per heavy atom. The lowest BCUT2D eigenvalue weighted by Gasteiger charge is -2.27. The second kappa shape index (κ2) is 8.31. The number of hydrogen-bond donors (Lipinski definition) is 0. The van der Waals surface area contributed by atoms with E-state index < -0.39 is 0 Å². The average molecular weight is 417 g/mol. The summed E-state index contributed by atoms with van der Waals surface area (Å²) < 4.78 is 13.1. The van der Waals surface area contributed by atoms with Crippen LogP contribution in [0.15, 0.2) is 53.1 Å². The van der Waals surface area contributed by atoms with Crippen LogP contribution in [0.3, 0.4) is 0 Å². The lowest BCUT2D eigenvalue weighted by Crippen LogP contribution is -2.37. The molecule has 1 aliphatic heterocycles. The first-order valence-corrected chi connectivity index (χ1v) is 10.5. The number of carbonyl (C=O) groups excluding carboxylic acids is 1. The van der Waals surface area contributed by atoms with Gasteiger partial charge >= 0.3 is 0 Å². The third-order valence-corrected chi connectivity index (χ3v) is 5.27. The summed E-state index contributed by atoms with van der Waals surface area (Å²) in [4.78, 5) is 24.0. The third kappa shape index (κ3) is 3.82. The summed E-state index contributed by atoms with van der Waals surface area (Å²) in [5.74, 6) is 1.39. The van der Waals surface area contributed by atoms with E-state index in [9.17, 15) is 4.79 Å². The summed E-state index contributed by atoms with van der Waals surface area (Å²) in [6.45, 7) is 4.59. The van der Waals surface area contributed by atoms with E-state index in [4.69, 9.17) is 14.1 Å². The van der Waals surface area contributed by atoms with Crippen molar-refractivity contribution >= 4 is 22.7 Å². The van der Waals surface area contributed by atoms with Crippen molar-refractivity contribution in [2.75, 3.05) is 31.2 Å². The van der Waals surface area contributed by atoms with E-state index in [-0.39, 0.29) is 5.78 Å². The second-order valence-corrected chi connectivity index (χ2v) is 7.46. The van der Waals surface area contributed by atoms with Gasteiger partial charge in [-0.1, -0.05) is 37.3 Å². The maximum atomic E-state index is 12.4. The number of ether oxygens (including phenoxy) is 1. The summed E-state index contributed by atoms with van der Waals surface area (Å²) in [7, 11) is 0. The molecule has 1 fully saturated rings. The fourth-order valence-corrected chi connectivity index (χ4v) is 3.68. The molecular weight excluding hydrogens is 394 g/mol. The zero-order chi connectivity index (χ0) is 21.2. The van der Waals surface area contributed by atoms with E-state index >= 15 is 0 Å². The molecule has 8 heteroatoms. The Hall–Kier alpha value is -3.52. The minimum atomic E-state index is -0.0274. The van der Waals surface area contributed by atoms with Gasteiger partial charge in [-0.15, -0.1) is 0 Å². The molecule has 4 heterocycles. The molecule has 5 rings (SSSR count). The first-order valence-electron chi connectivity index (χ1n) is 10.5. The quantitative estimate of drug-likeness (QED) is 0.440. The van der Waals surface area contributed by atoms with Crippen LogP contribution in [0.5, 0.6) is 0 Å². The number of furan rings is 1. The summed E-state index contributed by atoms with van der Waals surface area (Å²) >= 11 is 0. The Morgan fingerprint density at radius 2 is 1.90 bits per heavy atom. The van der Waals surface area contributed by atoms with Gasteiger partial charge < -0.3 is 14.1 Å². The van der Waals surface area contributed by atoms with Crippen molar-refractivity contribution in [2.45, 2.75) is 19.8 Å². The van der Waals surface area contributed by atoms with Gasteiger partial charge in [0, 0.05) is 37.3 Å². The Labute approximate surface area is 179 Å². The van der Waals surface area contributed by atoms with Crippen molar-refractivity contribution < 1.29 is 13.9 Å². The zero-order valence-electron chi connectivity index (χ0n) is 17.3. The molecule has 8 nitrogen and oxygen atoms in total. The molecule has 0 amide bonds. The highest BCUT2D eigenvalue weighted by molar-refractivity contribution is 5.98. The molecule has 0 atom stereocenters. The van der Waals surface area contributed by atoms with Crippen LogP contribution in [0, 0.1) is 0 Å². The van der Waals surface area contributed by atoms with Crippen molar-refractivity contribution in [3.05, 3.63) is 54.4 Å². The van der Waals surface area contributed by atoms with Crippen LogP contribution >= 0.6 is 0 Å². The number of carbonyl (C=O) groups is 1. The molecule has 1 saturated heterocycles. The zero-order valence-corrected chi connectivity index (χ0v) is 17.3. The highest BCUT2D eigenvalue weighted by Crippen LogP contribution is 2.29. The molecule has 3 aromatic heterocycles. The number of Topliss-reactive ketones (excluding diaryl/α,β-unsaturated/α-hetero) is 1. The van der Waals surface area contributed by atoms with Gasteiger partial charge in [0.15, 0.2) is 22.9 Å². The Bertz CT molecular complexity index is 1210. The van der Waals surface area contributed by atoms with Crippen LogP contribution in [-0.2, 0) is 4.74 Å². The molecule has 1 aromatic carbocycles. The number of fused-ring (bicyclic) bond motifs is 1. The van der Waals surface area contributed by atoms with E-state index in [1.165, 1.54) is 0 Å². The van der Waals surface area contributed by atoms with Crippen LogP contribution in [0.25, 0.3) is 28.3 Å². The van der Waals surface area contributed by atoms with Crippen molar-refractivity contribution in [3.63, 3.8) is 0 Å². The number of rotatable bonds is 6. The summed E-state index contributed by atoms with van der Waals surface area (Å²) in [6, 6.07) is 13.6.